The number of hydrogen-bond acceptors (Lipinski definition) is 7. The summed E-state index contributed by atoms with van der Waals surface area (Å²) in [6.45, 7) is 3.54. The molecule has 0 aromatic carbocycles. The zero-order valence-corrected chi connectivity index (χ0v) is 14.3. The van der Waals surface area contributed by atoms with E-state index in [-0.39, 0.29) is 17.2 Å². The summed E-state index contributed by atoms with van der Waals surface area (Å²) in [5.41, 5.74) is 0.127. The van der Waals surface area contributed by atoms with E-state index >= 15 is 0 Å². The van der Waals surface area contributed by atoms with E-state index in [1.165, 1.54) is 6.07 Å². The first kappa shape index (κ1) is 17.9. The molecule has 0 radical (unpaired) electrons. The molecule has 10 heteroatoms. The normalized spacial score (nSPS) is 12.1. The molecule has 0 aliphatic carbocycles. The second-order valence-corrected chi connectivity index (χ2v) is 9.73. The number of nitrogens with one attached hydrogen (secondary N) is 1. The van der Waals surface area contributed by atoms with Crippen molar-refractivity contribution in [1.29, 1.82) is 0 Å². The Hall–Kier alpha value is -1.13. The Labute approximate surface area is 128 Å². The summed E-state index contributed by atoms with van der Waals surface area (Å²) in [6, 6.07) is 1.52. The van der Waals surface area contributed by atoms with Crippen LogP contribution in [0.4, 0.5) is 5.00 Å². The lowest BCUT2D eigenvalue weighted by Gasteiger charge is -2.07. The van der Waals surface area contributed by atoms with Crippen LogP contribution in [0.15, 0.2) is 6.07 Å². The number of esters is 1. The van der Waals surface area contributed by atoms with Crippen LogP contribution in [0.3, 0.4) is 0 Å². The van der Waals surface area contributed by atoms with Gasteiger partial charge < -0.3 is 4.74 Å². The van der Waals surface area contributed by atoms with E-state index in [0.29, 0.717) is 0 Å². The van der Waals surface area contributed by atoms with Gasteiger partial charge in [-0.2, -0.15) is 0 Å². The molecule has 1 rings (SSSR count). The summed E-state index contributed by atoms with van der Waals surface area (Å²) in [5.74, 6) is -1.67. The number of thiophene rings is 1. The highest BCUT2D eigenvalue weighted by atomic mass is 32.2. The highest BCUT2D eigenvalue weighted by Crippen LogP contribution is 2.29. The molecule has 0 spiro atoms. The molecule has 0 atom stereocenters. The number of carbonyl (C=O) groups excluding carboxylic acids is 1. The number of anilines is 1. The molecule has 0 amide bonds. The van der Waals surface area contributed by atoms with Crippen molar-refractivity contribution in [2.45, 2.75) is 13.8 Å². The number of sulfone groups is 1. The molecule has 1 aromatic rings. The van der Waals surface area contributed by atoms with E-state index in [1.807, 2.05) is 0 Å². The lowest BCUT2D eigenvalue weighted by atomic mass is 10.3. The van der Waals surface area contributed by atoms with Gasteiger partial charge in [0.25, 0.3) is 0 Å². The van der Waals surface area contributed by atoms with Crippen molar-refractivity contribution in [2.75, 3.05) is 29.1 Å². The quantitative estimate of drug-likeness (QED) is 0.732. The summed E-state index contributed by atoms with van der Waals surface area (Å²) >= 11 is 1.09. The van der Waals surface area contributed by atoms with Crippen LogP contribution in [0.2, 0.25) is 0 Å². The Balaban J connectivity index is 2.94. The van der Waals surface area contributed by atoms with Crippen molar-refractivity contribution >= 4 is 42.2 Å². The fourth-order valence-corrected chi connectivity index (χ4v) is 5.29. The second-order valence-electron chi connectivity index (χ2n) is 4.37. The zero-order valence-electron chi connectivity index (χ0n) is 11.9. The van der Waals surface area contributed by atoms with Crippen LogP contribution in [0.25, 0.3) is 0 Å². The van der Waals surface area contributed by atoms with Crippen molar-refractivity contribution in [1.82, 2.24) is 0 Å². The van der Waals surface area contributed by atoms with E-state index in [9.17, 15) is 21.6 Å². The van der Waals surface area contributed by atoms with Gasteiger partial charge in [0.2, 0.25) is 10.0 Å². The standard InChI is InChI=1S/C11H17NO6S3/c1-4-18-11(13)9-7-8(2)19-10(9)12-21(16,17)6-5-20(3,14)15/h7,12H,4-6H2,1-3H3. The molecule has 7 nitrogen and oxygen atoms in total. The van der Waals surface area contributed by atoms with Gasteiger partial charge in [0.15, 0.2) is 0 Å². The number of rotatable bonds is 7. The Morgan fingerprint density at radius 3 is 2.43 bits per heavy atom. The Bertz CT molecular complexity index is 717. The number of ether oxygens (including phenoxy) is 1. The van der Waals surface area contributed by atoms with Crippen LogP contribution in [-0.2, 0) is 24.6 Å². The molecular weight excluding hydrogens is 338 g/mol. The smallest absolute Gasteiger partial charge is 0.341 e. The number of sulfonamides is 1. The monoisotopic (exact) mass is 355 g/mol. The molecule has 0 fully saturated rings. The number of aryl methyl sites for hydroxylation is 1. The molecule has 0 bridgehead atoms. The first-order valence-electron chi connectivity index (χ1n) is 6.00. The maximum absolute atomic E-state index is 11.9. The summed E-state index contributed by atoms with van der Waals surface area (Å²) in [7, 11) is -7.24. The average Bonchev–Trinajstić information content (AvgIpc) is 2.67. The molecule has 0 saturated carbocycles. The lowest BCUT2D eigenvalue weighted by Crippen LogP contribution is -2.23. The van der Waals surface area contributed by atoms with Crippen LogP contribution in [0.5, 0.6) is 0 Å². The molecule has 0 unspecified atom stereocenters. The fraction of sp³-hybridized carbons (Fsp3) is 0.545. The predicted molar refractivity (Wildman–Crippen MR) is 82.1 cm³/mol. The topological polar surface area (TPSA) is 107 Å². The fourth-order valence-electron chi connectivity index (χ4n) is 1.40. The van der Waals surface area contributed by atoms with Crippen molar-refractivity contribution in [3.05, 3.63) is 16.5 Å². The van der Waals surface area contributed by atoms with E-state index in [1.54, 1.807) is 13.8 Å². The SMILES string of the molecule is CCOC(=O)c1cc(C)sc1NS(=O)(=O)CCS(C)(=O)=O. The molecule has 120 valence electrons. The summed E-state index contributed by atoms with van der Waals surface area (Å²) in [6.07, 6.45) is 0.960. The van der Waals surface area contributed by atoms with Gasteiger partial charge in [0.1, 0.15) is 14.8 Å². The Morgan fingerprint density at radius 1 is 1.29 bits per heavy atom. The molecule has 1 heterocycles. The van der Waals surface area contributed by atoms with Gasteiger partial charge in [-0.25, -0.2) is 21.6 Å². The minimum atomic E-state index is -3.85. The van der Waals surface area contributed by atoms with Crippen LogP contribution in [-0.4, -0.2) is 47.2 Å². The van der Waals surface area contributed by atoms with E-state index < -0.39 is 37.3 Å². The van der Waals surface area contributed by atoms with Gasteiger partial charge in [-0.05, 0) is 19.9 Å². The van der Waals surface area contributed by atoms with Crippen LogP contribution in [0, 0.1) is 6.92 Å². The van der Waals surface area contributed by atoms with Gasteiger partial charge in [0, 0.05) is 11.1 Å². The third-order valence-electron chi connectivity index (χ3n) is 2.32. The first-order valence-corrected chi connectivity index (χ1v) is 10.5. The molecule has 0 aliphatic heterocycles. The summed E-state index contributed by atoms with van der Waals surface area (Å²) < 4.78 is 52.9. The zero-order chi connectivity index (χ0) is 16.3. The van der Waals surface area contributed by atoms with Gasteiger partial charge in [-0.15, -0.1) is 11.3 Å². The average molecular weight is 355 g/mol. The Kier molecular flexibility index (Phi) is 5.76. The third kappa shape index (κ3) is 6.02. The largest absolute Gasteiger partial charge is 0.462 e. The minimum Gasteiger partial charge on any atom is -0.462 e. The minimum absolute atomic E-state index is 0.127. The number of carbonyl (C=O) groups is 1. The van der Waals surface area contributed by atoms with Crippen LogP contribution >= 0.6 is 11.3 Å². The first-order chi connectivity index (χ1) is 9.54. The highest BCUT2D eigenvalue weighted by molar-refractivity contribution is 7.95. The molecular formula is C11H17NO6S3. The summed E-state index contributed by atoms with van der Waals surface area (Å²) in [5, 5.41) is 0.138. The maximum atomic E-state index is 11.9. The summed E-state index contributed by atoms with van der Waals surface area (Å²) in [4.78, 5) is 12.5. The van der Waals surface area contributed by atoms with Crippen molar-refractivity contribution in [3.63, 3.8) is 0 Å². The van der Waals surface area contributed by atoms with Gasteiger partial charge >= 0.3 is 5.97 Å². The molecule has 21 heavy (non-hydrogen) atoms. The van der Waals surface area contributed by atoms with E-state index in [2.05, 4.69) is 4.72 Å². The second kappa shape index (κ2) is 6.75. The maximum Gasteiger partial charge on any atom is 0.341 e. The third-order valence-corrected chi connectivity index (χ3v) is 5.88. The molecule has 0 aliphatic rings. The predicted octanol–water partition coefficient (Wildman–Crippen LogP) is 1.02. The van der Waals surface area contributed by atoms with Crippen LogP contribution < -0.4 is 4.72 Å². The van der Waals surface area contributed by atoms with Gasteiger partial charge in [-0.1, -0.05) is 0 Å². The van der Waals surface area contributed by atoms with Crippen molar-refractivity contribution < 1.29 is 26.4 Å². The van der Waals surface area contributed by atoms with Gasteiger partial charge in [-0.3, -0.25) is 4.72 Å². The van der Waals surface area contributed by atoms with Gasteiger partial charge in [0.05, 0.1) is 23.7 Å². The Morgan fingerprint density at radius 2 is 1.90 bits per heavy atom. The molecule has 1 N–H and O–H groups in total. The molecule has 0 saturated heterocycles. The van der Waals surface area contributed by atoms with Crippen molar-refractivity contribution in [2.24, 2.45) is 0 Å². The lowest BCUT2D eigenvalue weighted by molar-refractivity contribution is 0.0528. The van der Waals surface area contributed by atoms with Crippen LogP contribution in [0.1, 0.15) is 22.2 Å². The molecule has 1 aromatic heterocycles. The number of hydrogen-bond donors (Lipinski definition) is 1. The van der Waals surface area contributed by atoms with E-state index in [4.69, 9.17) is 4.74 Å². The highest BCUT2D eigenvalue weighted by Gasteiger charge is 2.21. The van der Waals surface area contributed by atoms with E-state index in [0.717, 1.165) is 22.5 Å². The van der Waals surface area contributed by atoms with Crippen molar-refractivity contribution in [3.8, 4) is 0 Å².